The van der Waals surface area contributed by atoms with Gasteiger partial charge in [0.1, 0.15) is 0 Å². The first-order chi connectivity index (χ1) is 9.91. The van der Waals surface area contributed by atoms with Crippen molar-refractivity contribution >= 4 is 5.97 Å². The van der Waals surface area contributed by atoms with Gasteiger partial charge in [-0.25, -0.2) is 4.79 Å². The molecule has 2 nitrogen and oxygen atoms in total. The van der Waals surface area contributed by atoms with Crippen molar-refractivity contribution in [2.45, 2.75) is 58.3 Å². The second-order valence-corrected chi connectivity index (χ2v) is 7.47. The molecule has 3 fully saturated rings. The summed E-state index contributed by atoms with van der Waals surface area (Å²) in [5.41, 5.74) is 0. The van der Waals surface area contributed by atoms with Gasteiger partial charge in [-0.2, -0.15) is 8.78 Å². The summed E-state index contributed by atoms with van der Waals surface area (Å²) in [7, 11) is 0. The van der Waals surface area contributed by atoms with E-state index in [0.29, 0.717) is 12.8 Å². The predicted molar refractivity (Wildman–Crippen MR) is 75.9 cm³/mol. The maximum atomic E-state index is 12.9. The summed E-state index contributed by atoms with van der Waals surface area (Å²) in [5.74, 6) is -0.535. The van der Waals surface area contributed by atoms with Crippen molar-refractivity contribution in [3.63, 3.8) is 0 Å². The lowest BCUT2D eigenvalue weighted by Crippen LogP contribution is -2.40. The third kappa shape index (κ3) is 2.70. The van der Waals surface area contributed by atoms with Gasteiger partial charge in [-0.3, -0.25) is 0 Å². The molecular formula is C17H26F2O2. The molecule has 6 atom stereocenters. The van der Waals surface area contributed by atoms with E-state index in [1.807, 2.05) is 0 Å². The van der Waals surface area contributed by atoms with Crippen molar-refractivity contribution < 1.29 is 18.3 Å². The average Bonchev–Trinajstić information content (AvgIpc) is 3.04. The third-order valence-electron chi connectivity index (χ3n) is 6.39. The van der Waals surface area contributed by atoms with Crippen LogP contribution in [0.3, 0.4) is 0 Å². The van der Waals surface area contributed by atoms with E-state index >= 15 is 0 Å². The molecule has 0 saturated heterocycles. The summed E-state index contributed by atoms with van der Waals surface area (Å²) >= 11 is 0. The first-order valence-corrected chi connectivity index (χ1v) is 8.46. The van der Waals surface area contributed by atoms with E-state index in [4.69, 9.17) is 4.74 Å². The van der Waals surface area contributed by atoms with Gasteiger partial charge in [-0.1, -0.05) is 13.3 Å². The number of alkyl halides is 2. The summed E-state index contributed by atoms with van der Waals surface area (Å²) in [6.45, 7) is 2.99. The maximum absolute atomic E-state index is 12.9. The van der Waals surface area contributed by atoms with Crippen molar-refractivity contribution in [1.29, 1.82) is 0 Å². The fourth-order valence-corrected chi connectivity index (χ4v) is 5.61. The zero-order chi connectivity index (χ0) is 15.2. The van der Waals surface area contributed by atoms with Crippen LogP contribution in [0.1, 0.15) is 52.4 Å². The third-order valence-corrected chi connectivity index (χ3v) is 6.39. The van der Waals surface area contributed by atoms with Gasteiger partial charge in [-0.15, -0.1) is 0 Å². The molecule has 21 heavy (non-hydrogen) atoms. The summed E-state index contributed by atoms with van der Waals surface area (Å²) < 4.78 is 30.7. The van der Waals surface area contributed by atoms with Crippen LogP contribution in [-0.2, 0) is 9.53 Å². The Kier molecular flexibility index (Phi) is 4.00. The molecule has 120 valence electrons. The molecule has 0 spiro atoms. The fraction of sp³-hybridized carbons (Fsp3) is 0.941. The Bertz CT molecular complexity index is 404. The first-order valence-electron chi connectivity index (χ1n) is 8.46. The molecule has 0 aromatic heterocycles. The van der Waals surface area contributed by atoms with Crippen molar-refractivity contribution in [3.05, 3.63) is 0 Å². The number of ether oxygens (including phenoxy) is 1. The largest absolute Gasteiger partial charge is 0.461 e. The normalized spacial score (nSPS) is 41.9. The topological polar surface area (TPSA) is 26.3 Å². The van der Waals surface area contributed by atoms with Crippen LogP contribution < -0.4 is 0 Å². The zero-order valence-electron chi connectivity index (χ0n) is 13.0. The molecule has 3 aliphatic carbocycles. The molecule has 6 unspecified atom stereocenters. The fourth-order valence-electron chi connectivity index (χ4n) is 5.61. The molecule has 0 aromatic rings. The number of hydrogen-bond acceptors (Lipinski definition) is 2. The van der Waals surface area contributed by atoms with Crippen LogP contribution in [-0.4, -0.2) is 18.5 Å². The van der Waals surface area contributed by atoms with Gasteiger partial charge in [0, 0.05) is 6.92 Å². The number of fused-ring (bicyclic) bond motifs is 5. The van der Waals surface area contributed by atoms with Crippen LogP contribution in [0.4, 0.5) is 8.78 Å². The minimum absolute atomic E-state index is 0.182. The molecule has 0 radical (unpaired) electrons. The Hall–Kier alpha value is -0.670. The van der Waals surface area contributed by atoms with Gasteiger partial charge in [0.25, 0.3) is 0 Å². The Morgan fingerprint density at radius 3 is 2.57 bits per heavy atom. The smallest absolute Gasteiger partial charge is 0.376 e. The lowest BCUT2D eigenvalue weighted by molar-refractivity contribution is -0.172. The van der Waals surface area contributed by atoms with Gasteiger partial charge >= 0.3 is 11.9 Å². The van der Waals surface area contributed by atoms with Gasteiger partial charge < -0.3 is 4.74 Å². The van der Waals surface area contributed by atoms with E-state index in [0.717, 1.165) is 36.5 Å². The van der Waals surface area contributed by atoms with Crippen molar-refractivity contribution in [2.75, 3.05) is 6.61 Å². The molecule has 4 heteroatoms. The standard InChI is InChI=1S/C17H26F2O2/c1-3-13-12(9-21-16(20)17(2,18)19)6-7-14-10-4-5-11(8-10)15(13)14/h10-15H,3-9H2,1-2H3. The van der Waals surface area contributed by atoms with Gasteiger partial charge in [0.2, 0.25) is 0 Å². The van der Waals surface area contributed by atoms with Crippen molar-refractivity contribution in [3.8, 4) is 0 Å². The van der Waals surface area contributed by atoms with Gasteiger partial charge in [0.15, 0.2) is 0 Å². The van der Waals surface area contributed by atoms with E-state index < -0.39 is 11.9 Å². The zero-order valence-corrected chi connectivity index (χ0v) is 13.0. The molecule has 2 bridgehead atoms. The monoisotopic (exact) mass is 300 g/mol. The number of esters is 1. The van der Waals surface area contributed by atoms with E-state index in [1.165, 1.54) is 25.7 Å². The van der Waals surface area contributed by atoms with Crippen LogP contribution in [0, 0.1) is 35.5 Å². The van der Waals surface area contributed by atoms with E-state index in [9.17, 15) is 13.6 Å². The lowest BCUT2D eigenvalue weighted by Gasteiger charge is -2.45. The second-order valence-electron chi connectivity index (χ2n) is 7.47. The first kappa shape index (κ1) is 15.2. The summed E-state index contributed by atoms with van der Waals surface area (Å²) in [4.78, 5) is 11.3. The molecule has 3 saturated carbocycles. The number of carbonyl (C=O) groups excluding carboxylic acids is 1. The average molecular weight is 300 g/mol. The maximum Gasteiger partial charge on any atom is 0.376 e. The summed E-state index contributed by atoms with van der Waals surface area (Å²) in [5, 5.41) is 0. The highest BCUT2D eigenvalue weighted by Gasteiger charge is 2.53. The van der Waals surface area contributed by atoms with Gasteiger partial charge in [-0.05, 0) is 67.6 Å². The molecular weight excluding hydrogens is 274 g/mol. The number of rotatable bonds is 4. The van der Waals surface area contributed by atoms with Gasteiger partial charge in [0.05, 0.1) is 6.61 Å². The molecule has 0 N–H and O–H groups in total. The quantitative estimate of drug-likeness (QED) is 0.724. The lowest BCUT2D eigenvalue weighted by atomic mass is 9.61. The Morgan fingerprint density at radius 2 is 1.90 bits per heavy atom. The van der Waals surface area contributed by atoms with Crippen LogP contribution in [0.2, 0.25) is 0 Å². The highest BCUT2D eigenvalue weighted by atomic mass is 19.3. The van der Waals surface area contributed by atoms with Crippen LogP contribution in [0.25, 0.3) is 0 Å². The highest BCUT2D eigenvalue weighted by Crippen LogP contribution is 2.60. The second kappa shape index (κ2) is 5.51. The molecule has 0 aliphatic heterocycles. The Labute approximate surface area is 125 Å². The molecule has 0 aromatic carbocycles. The van der Waals surface area contributed by atoms with Crippen LogP contribution in [0.5, 0.6) is 0 Å². The van der Waals surface area contributed by atoms with Crippen molar-refractivity contribution in [1.82, 2.24) is 0 Å². The minimum Gasteiger partial charge on any atom is -0.461 e. The van der Waals surface area contributed by atoms with Crippen LogP contribution >= 0.6 is 0 Å². The molecule has 0 amide bonds. The summed E-state index contributed by atoms with van der Waals surface area (Å²) in [6.07, 6.45) is 7.44. The molecule has 0 heterocycles. The van der Waals surface area contributed by atoms with Crippen LogP contribution in [0.15, 0.2) is 0 Å². The number of hydrogen-bond donors (Lipinski definition) is 0. The predicted octanol–water partition coefficient (Wildman–Crippen LogP) is 4.28. The molecule has 3 aliphatic rings. The molecule has 3 rings (SSSR count). The Morgan fingerprint density at radius 1 is 1.19 bits per heavy atom. The van der Waals surface area contributed by atoms with E-state index in [1.54, 1.807) is 0 Å². The highest BCUT2D eigenvalue weighted by molar-refractivity contribution is 5.76. The minimum atomic E-state index is -3.37. The number of halogens is 2. The SMILES string of the molecule is CCC1C(COC(=O)C(C)(F)F)CCC2C3CCC(C3)C12. The summed E-state index contributed by atoms with van der Waals surface area (Å²) in [6, 6.07) is 0. The van der Waals surface area contributed by atoms with E-state index in [2.05, 4.69) is 6.92 Å². The van der Waals surface area contributed by atoms with E-state index in [-0.39, 0.29) is 12.5 Å². The number of carbonyl (C=O) groups is 1. The van der Waals surface area contributed by atoms with Crippen molar-refractivity contribution in [2.24, 2.45) is 35.5 Å². The Balaban J connectivity index is 1.63.